The van der Waals surface area contributed by atoms with E-state index in [2.05, 4.69) is 15.3 Å². The van der Waals surface area contributed by atoms with Crippen molar-refractivity contribution in [3.05, 3.63) is 35.6 Å². The lowest BCUT2D eigenvalue weighted by Gasteiger charge is -2.27. The third-order valence-electron chi connectivity index (χ3n) is 4.56. The summed E-state index contributed by atoms with van der Waals surface area (Å²) < 4.78 is 0. The zero-order chi connectivity index (χ0) is 17.6. The summed E-state index contributed by atoms with van der Waals surface area (Å²) in [5.41, 5.74) is 1.90. The maximum absolute atomic E-state index is 12.3. The number of thiazole rings is 1. The van der Waals surface area contributed by atoms with Gasteiger partial charge in [-0.15, -0.1) is 11.3 Å². The summed E-state index contributed by atoms with van der Waals surface area (Å²) in [6, 6.07) is 3.84. The summed E-state index contributed by atoms with van der Waals surface area (Å²) in [4.78, 5) is 32.3. The SMILES string of the molecule is O=C(O)[C@H]1CCCC[C@H]1C(=O)NCCc1csc(-c2cccnc2)n1. The highest BCUT2D eigenvalue weighted by atomic mass is 32.1. The van der Waals surface area contributed by atoms with Crippen molar-refractivity contribution in [3.63, 3.8) is 0 Å². The number of amides is 1. The molecule has 1 aliphatic carbocycles. The molecule has 0 aliphatic heterocycles. The Morgan fingerprint density at radius 2 is 2.08 bits per heavy atom. The Morgan fingerprint density at radius 1 is 1.28 bits per heavy atom. The molecule has 0 aromatic carbocycles. The summed E-state index contributed by atoms with van der Waals surface area (Å²) in [5.74, 6) is -1.96. The third-order valence-corrected chi connectivity index (χ3v) is 5.50. The van der Waals surface area contributed by atoms with Crippen LogP contribution in [-0.4, -0.2) is 33.5 Å². The second-order valence-corrected chi connectivity index (χ2v) is 7.12. The number of rotatable bonds is 6. The summed E-state index contributed by atoms with van der Waals surface area (Å²) >= 11 is 1.55. The molecule has 2 heterocycles. The van der Waals surface area contributed by atoms with Gasteiger partial charge in [0.25, 0.3) is 0 Å². The smallest absolute Gasteiger partial charge is 0.307 e. The Labute approximate surface area is 150 Å². The highest BCUT2D eigenvalue weighted by Crippen LogP contribution is 2.30. The van der Waals surface area contributed by atoms with Crippen molar-refractivity contribution in [1.29, 1.82) is 0 Å². The number of carboxylic acids is 1. The minimum absolute atomic E-state index is 0.144. The molecule has 0 radical (unpaired) electrons. The zero-order valence-electron chi connectivity index (χ0n) is 13.9. The van der Waals surface area contributed by atoms with E-state index in [0.717, 1.165) is 29.1 Å². The number of carbonyl (C=O) groups excluding carboxylic acids is 1. The van der Waals surface area contributed by atoms with E-state index >= 15 is 0 Å². The van der Waals surface area contributed by atoms with E-state index in [1.165, 1.54) is 0 Å². The van der Waals surface area contributed by atoms with E-state index in [0.29, 0.717) is 25.8 Å². The lowest BCUT2D eigenvalue weighted by molar-refractivity contribution is -0.148. The quantitative estimate of drug-likeness (QED) is 0.827. The fourth-order valence-corrected chi connectivity index (χ4v) is 4.07. The number of carboxylic acid groups (broad SMARTS) is 1. The van der Waals surface area contributed by atoms with Gasteiger partial charge in [0.2, 0.25) is 5.91 Å². The molecule has 1 fully saturated rings. The summed E-state index contributed by atoms with van der Waals surface area (Å²) in [7, 11) is 0. The van der Waals surface area contributed by atoms with Gasteiger partial charge in [0.1, 0.15) is 5.01 Å². The Bertz CT molecular complexity index is 732. The van der Waals surface area contributed by atoms with Crippen LogP contribution in [-0.2, 0) is 16.0 Å². The molecule has 2 atom stereocenters. The fourth-order valence-electron chi connectivity index (χ4n) is 3.23. The topological polar surface area (TPSA) is 92.2 Å². The molecule has 2 N–H and O–H groups in total. The van der Waals surface area contributed by atoms with Gasteiger partial charge in [-0.05, 0) is 25.0 Å². The van der Waals surface area contributed by atoms with Crippen molar-refractivity contribution < 1.29 is 14.7 Å². The molecule has 1 aliphatic rings. The summed E-state index contributed by atoms with van der Waals surface area (Å²) in [6.45, 7) is 0.470. The van der Waals surface area contributed by atoms with Gasteiger partial charge >= 0.3 is 5.97 Å². The van der Waals surface area contributed by atoms with E-state index in [4.69, 9.17) is 0 Å². The second kappa shape index (κ2) is 8.20. The molecular formula is C18H21N3O3S. The molecule has 0 saturated heterocycles. The standard InChI is InChI=1S/C18H21N3O3S/c22-16(14-5-1-2-6-15(14)18(23)24)20-9-7-13-11-25-17(21-13)12-4-3-8-19-10-12/h3-4,8,10-11,14-15H,1-2,5-7,9H2,(H,20,22)(H,23,24)/t14-,15+/m1/s1. The minimum atomic E-state index is -0.861. The lowest BCUT2D eigenvalue weighted by Crippen LogP contribution is -2.40. The number of nitrogens with one attached hydrogen (secondary N) is 1. The van der Waals surface area contributed by atoms with Crippen molar-refractivity contribution in [2.45, 2.75) is 32.1 Å². The zero-order valence-corrected chi connectivity index (χ0v) is 14.7. The van der Waals surface area contributed by atoms with Gasteiger partial charge in [-0.2, -0.15) is 0 Å². The molecule has 0 unspecified atom stereocenters. The van der Waals surface area contributed by atoms with E-state index < -0.39 is 17.8 Å². The van der Waals surface area contributed by atoms with Crippen molar-refractivity contribution in [2.75, 3.05) is 6.54 Å². The highest BCUT2D eigenvalue weighted by molar-refractivity contribution is 7.13. The first kappa shape index (κ1) is 17.5. The summed E-state index contributed by atoms with van der Waals surface area (Å²) in [6.07, 6.45) is 7.19. The molecule has 0 spiro atoms. The predicted octanol–water partition coefficient (Wildman–Crippen LogP) is 2.75. The van der Waals surface area contributed by atoms with Crippen LogP contribution in [0, 0.1) is 11.8 Å². The average Bonchev–Trinajstić information content (AvgIpc) is 3.11. The van der Waals surface area contributed by atoms with Crippen LogP contribution in [0.4, 0.5) is 0 Å². The minimum Gasteiger partial charge on any atom is -0.481 e. The Kier molecular flexibility index (Phi) is 5.75. The first-order valence-electron chi connectivity index (χ1n) is 8.50. The van der Waals surface area contributed by atoms with Gasteiger partial charge in [-0.3, -0.25) is 14.6 Å². The molecule has 1 amide bonds. The first-order valence-corrected chi connectivity index (χ1v) is 9.38. The molecule has 132 valence electrons. The van der Waals surface area contributed by atoms with Crippen LogP contribution in [0.1, 0.15) is 31.4 Å². The Hall–Kier alpha value is -2.28. The monoisotopic (exact) mass is 359 g/mol. The molecule has 3 rings (SSSR count). The largest absolute Gasteiger partial charge is 0.481 e. The van der Waals surface area contributed by atoms with Gasteiger partial charge in [0.15, 0.2) is 0 Å². The van der Waals surface area contributed by atoms with Gasteiger partial charge < -0.3 is 10.4 Å². The molecule has 25 heavy (non-hydrogen) atoms. The van der Waals surface area contributed by atoms with Crippen LogP contribution >= 0.6 is 11.3 Å². The molecule has 2 aromatic heterocycles. The molecule has 6 nitrogen and oxygen atoms in total. The van der Waals surface area contributed by atoms with Crippen LogP contribution in [0.3, 0.4) is 0 Å². The van der Waals surface area contributed by atoms with Crippen LogP contribution in [0.5, 0.6) is 0 Å². The fraction of sp³-hybridized carbons (Fsp3) is 0.444. The van der Waals surface area contributed by atoms with Gasteiger partial charge in [-0.25, -0.2) is 4.98 Å². The predicted molar refractivity (Wildman–Crippen MR) is 95.1 cm³/mol. The highest BCUT2D eigenvalue weighted by Gasteiger charge is 2.35. The number of pyridine rings is 1. The number of aliphatic carboxylic acids is 1. The number of hydrogen-bond donors (Lipinski definition) is 2. The molecule has 1 saturated carbocycles. The number of aromatic nitrogens is 2. The number of carbonyl (C=O) groups is 2. The van der Waals surface area contributed by atoms with Crippen LogP contribution in [0.15, 0.2) is 29.9 Å². The van der Waals surface area contributed by atoms with Crippen LogP contribution in [0.2, 0.25) is 0 Å². The van der Waals surface area contributed by atoms with Gasteiger partial charge in [0.05, 0.1) is 17.5 Å². The van der Waals surface area contributed by atoms with Crippen LogP contribution in [0.25, 0.3) is 10.6 Å². The van der Waals surface area contributed by atoms with Gasteiger partial charge in [-0.1, -0.05) is 12.8 Å². The third kappa shape index (κ3) is 4.42. The lowest BCUT2D eigenvalue weighted by atomic mass is 9.78. The van der Waals surface area contributed by atoms with E-state index in [-0.39, 0.29) is 5.91 Å². The second-order valence-electron chi connectivity index (χ2n) is 6.26. The molecule has 2 aromatic rings. The maximum Gasteiger partial charge on any atom is 0.307 e. The van der Waals surface area contributed by atoms with E-state index in [1.54, 1.807) is 23.7 Å². The maximum atomic E-state index is 12.3. The molecule has 7 heteroatoms. The van der Waals surface area contributed by atoms with Crippen LogP contribution < -0.4 is 5.32 Å². The van der Waals surface area contributed by atoms with Crippen molar-refractivity contribution >= 4 is 23.2 Å². The summed E-state index contributed by atoms with van der Waals surface area (Å²) in [5, 5.41) is 15.1. The van der Waals surface area contributed by atoms with E-state index in [9.17, 15) is 14.7 Å². The van der Waals surface area contributed by atoms with Gasteiger partial charge in [0, 0.05) is 36.3 Å². The molecule has 0 bridgehead atoms. The average molecular weight is 359 g/mol. The number of hydrogen-bond acceptors (Lipinski definition) is 5. The first-order chi connectivity index (χ1) is 12.1. The van der Waals surface area contributed by atoms with Crippen molar-refractivity contribution in [2.24, 2.45) is 11.8 Å². The molecular weight excluding hydrogens is 338 g/mol. The van der Waals surface area contributed by atoms with Crippen molar-refractivity contribution in [1.82, 2.24) is 15.3 Å². The number of nitrogens with zero attached hydrogens (tertiary/aromatic N) is 2. The van der Waals surface area contributed by atoms with Crippen molar-refractivity contribution in [3.8, 4) is 10.6 Å². The van der Waals surface area contributed by atoms with E-state index in [1.807, 2.05) is 17.5 Å². The Morgan fingerprint density at radius 3 is 2.80 bits per heavy atom. The normalized spacial score (nSPS) is 20.2. The Balaban J connectivity index is 1.52.